The number of ether oxygens (including phenoxy) is 1. The molecule has 1 aliphatic rings. The fourth-order valence-electron chi connectivity index (χ4n) is 2.51. The molecule has 1 saturated heterocycles. The van der Waals surface area contributed by atoms with E-state index in [1.54, 1.807) is 18.2 Å². The summed E-state index contributed by atoms with van der Waals surface area (Å²) in [4.78, 5) is 23.6. The molecule has 108 valence electrons. The first kappa shape index (κ1) is 14.3. The molecule has 0 radical (unpaired) electrons. The van der Waals surface area contributed by atoms with E-state index in [1.165, 1.54) is 12.0 Å². The van der Waals surface area contributed by atoms with Gasteiger partial charge in [0.1, 0.15) is 0 Å². The van der Waals surface area contributed by atoms with Crippen molar-refractivity contribution in [2.24, 2.45) is 0 Å². The quantitative estimate of drug-likeness (QED) is 0.797. The van der Waals surface area contributed by atoms with E-state index in [-0.39, 0.29) is 12.5 Å². The minimum Gasteiger partial charge on any atom is -0.465 e. The van der Waals surface area contributed by atoms with Crippen LogP contribution < -0.4 is 0 Å². The maximum atomic E-state index is 11.5. The summed E-state index contributed by atoms with van der Waals surface area (Å²) in [6.07, 6.45) is -1.27. The summed E-state index contributed by atoms with van der Waals surface area (Å²) >= 11 is 0. The van der Waals surface area contributed by atoms with Gasteiger partial charge in [0.25, 0.3) is 0 Å². The molecule has 6 nitrogen and oxygen atoms in total. The van der Waals surface area contributed by atoms with Crippen LogP contribution in [0.25, 0.3) is 0 Å². The van der Waals surface area contributed by atoms with Crippen LogP contribution in [0.1, 0.15) is 28.3 Å². The molecule has 2 atom stereocenters. The molecule has 0 aliphatic carbocycles. The Kier molecular flexibility index (Phi) is 4.24. The van der Waals surface area contributed by atoms with Gasteiger partial charge in [-0.25, -0.2) is 9.59 Å². The highest BCUT2D eigenvalue weighted by molar-refractivity contribution is 5.89. The number of carboxylic acid groups (broad SMARTS) is 1. The fourth-order valence-corrected chi connectivity index (χ4v) is 2.51. The van der Waals surface area contributed by atoms with E-state index in [0.717, 1.165) is 5.56 Å². The van der Waals surface area contributed by atoms with Gasteiger partial charge in [0.2, 0.25) is 0 Å². The summed E-state index contributed by atoms with van der Waals surface area (Å²) in [5, 5.41) is 19.0. The molecule has 0 aromatic heterocycles. The van der Waals surface area contributed by atoms with Crippen molar-refractivity contribution in [2.75, 3.05) is 20.2 Å². The number of carbonyl (C=O) groups excluding carboxylic acids is 1. The smallest absolute Gasteiger partial charge is 0.407 e. The van der Waals surface area contributed by atoms with Crippen LogP contribution in [-0.2, 0) is 4.74 Å². The number of nitrogens with zero attached hydrogens (tertiary/aromatic N) is 1. The number of rotatable bonds is 2. The van der Waals surface area contributed by atoms with Gasteiger partial charge in [-0.1, -0.05) is 12.1 Å². The average molecular weight is 279 g/mol. The predicted octanol–water partition coefficient (Wildman–Crippen LogP) is 1.30. The topological polar surface area (TPSA) is 87.1 Å². The largest absolute Gasteiger partial charge is 0.465 e. The van der Waals surface area contributed by atoms with E-state index in [9.17, 15) is 14.7 Å². The molecule has 2 N–H and O–H groups in total. The lowest BCUT2D eigenvalue weighted by atomic mass is 9.86. The third-order valence-corrected chi connectivity index (χ3v) is 3.59. The summed E-state index contributed by atoms with van der Waals surface area (Å²) in [6, 6.07) is 6.90. The highest BCUT2D eigenvalue weighted by Gasteiger charge is 2.31. The Morgan fingerprint density at radius 3 is 2.75 bits per heavy atom. The van der Waals surface area contributed by atoms with Crippen LogP contribution >= 0.6 is 0 Å². The van der Waals surface area contributed by atoms with Crippen molar-refractivity contribution in [1.82, 2.24) is 4.90 Å². The van der Waals surface area contributed by atoms with Gasteiger partial charge >= 0.3 is 12.1 Å². The number of aliphatic hydroxyl groups excluding tert-OH is 1. The molecule has 1 aromatic carbocycles. The van der Waals surface area contributed by atoms with Gasteiger partial charge < -0.3 is 19.8 Å². The highest BCUT2D eigenvalue weighted by atomic mass is 16.5. The summed E-state index contributed by atoms with van der Waals surface area (Å²) in [5.74, 6) is -0.598. The van der Waals surface area contributed by atoms with Crippen molar-refractivity contribution in [3.05, 3.63) is 35.4 Å². The molecule has 1 fully saturated rings. The number of aliphatic hydroxyl groups is 1. The zero-order chi connectivity index (χ0) is 14.7. The second kappa shape index (κ2) is 5.92. The van der Waals surface area contributed by atoms with Crippen LogP contribution in [0.3, 0.4) is 0 Å². The second-order valence-corrected chi connectivity index (χ2v) is 4.81. The van der Waals surface area contributed by atoms with Crippen LogP contribution in [0.2, 0.25) is 0 Å². The lowest BCUT2D eigenvalue weighted by Gasteiger charge is -2.34. The first-order chi connectivity index (χ1) is 9.52. The van der Waals surface area contributed by atoms with Gasteiger partial charge in [-0.15, -0.1) is 0 Å². The monoisotopic (exact) mass is 279 g/mol. The zero-order valence-corrected chi connectivity index (χ0v) is 11.2. The standard InChI is InChI=1S/C14H17NO5/c1-20-13(17)10-4-2-3-9(7-10)11-5-6-15(14(18)19)8-12(11)16/h2-4,7,11-12,16H,5-6,8H2,1H3,(H,18,19). The van der Waals surface area contributed by atoms with Crippen molar-refractivity contribution in [3.8, 4) is 0 Å². The van der Waals surface area contributed by atoms with Crippen LogP contribution in [0.4, 0.5) is 4.79 Å². The molecule has 6 heteroatoms. The lowest BCUT2D eigenvalue weighted by Crippen LogP contribution is -2.45. The van der Waals surface area contributed by atoms with E-state index in [1.807, 2.05) is 6.07 Å². The van der Waals surface area contributed by atoms with E-state index in [0.29, 0.717) is 18.5 Å². The molecule has 1 heterocycles. The molecule has 20 heavy (non-hydrogen) atoms. The van der Waals surface area contributed by atoms with Crippen LogP contribution in [0, 0.1) is 0 Å². The maximum Gasteiger partial charge on any atom is 0.407 e. The molecule has 1 aliphatic heterocycles. The number of hydrogen-bond acceptors (Lipinski definition) is 4. The molecule has 0 saturated carbocycles. The average Bonchev–Trinajstić information content (AvgIpc) is 2.46. The normalized spacial score (nSPS) is 22.4. The number of likely N-dealkylation sites (tertiary alicyclic amines) is 1. The summed E-state index contributed by atoms with van der Waals surface area (Å²) in [7, 11) is 1.31. The third-order valence-electron chi connectivity index (χ3n) is 3.59. The minimum atomic E-state index is -1.02. The third kappa shape index (κ3) is 2.91. The van der Waals surface area contributed by atoms with Crippen molar-refractivity contribution in [2.45, 2.75) is 18.4 Å². The second-order valence-electron chi connectivity index (χ2n) is 4.81. The van der Waals surface area contributed by atoms with Crippen LogP contribution in [0.15, 0.2) is 24.3 Å². The van der Waals surface area contributed by atoms with E-state index < -0.39 is 18.2 Å². The Hall–Kier alpha value is -2.08. The van der Waals surface area contributed by atoms with Crippen molar-refractivity contribution in [3.63, 3.8) is 0 Å². The summed E-state index contributed by atoms with van der Waals surface area (Å²) in [6.45, 7) is 0.460. The molecule has 1 amide bonds. The van der Waals surface area contributed by atoms with Gasteiger partial charge in [0, 0.05) is 12.5 Å². The number of piperidine rings is 1. The van der Waals surface area contributed by atoms with Crippen molar-refractivity contribution >= 4 is 12.1 Å². The first-order valence-corrected chi connectivity index (χ1v) is 6.37. The molecular formula is C14H17NO5. The molecule has 1 aromatic rings. The number of benzene rings is 1. The van der Waals surface area contributed by atoms with Crippen molar-refractivity contribution < 1.29 is 24.5 Å². The number of amides is 1. The number of esters is 1. The molecule has 0 spiro atoms. The first-order valence-electron chi connectivity index (χ1n) is 6.37. The van der Waals surface area contributed by atoms with E-state index >= 15 is 0 Å². The predicted molar refractivity (Wildman–Crippen MR) is 70.7 cm³/mol. The van der Waals surface area contributed by atoms with Gasteiger partial charge in [0.15, 0.2) is 0 Å². The molecular weight excluding hydrogens is 262 g/mol. The van der Waals surface area contributed by atoms with Gasteiger partial charge in [0.05, 0.1) is 25.3 Å². The number of methoxy groups -OCH3 is 1. The fraction of sp³-hybridized carbons (Fsp3) is 0.429. The SMILES string of the molecule is COC(=O)c1cccc(C2CCN(C(=O)O)CC2O)c1. The highest BCUT2D eigenvalue weighted by Crippen LogP contribution is 2.29. The van der Waals surface area contributed by atoms with Gasteiger partial charge in [-0.05, 0) is 24.1 Å². The molecule has 2 unspecified atom stereocenters. The lowest BCUT2D eigenvalue weighted by molar-refractivity contribution is 0.0502. The Bertz CT molecular complexity index is 516. The molecule has 0 bridgehead atoms. The Morgan fingerprint density at radius 2 is 2.15 bits per heavy atom. The Balaban J connectivity index is 2.16. The number of hydrogen-bond donors (Lipinski definition) is 2. The van der Waals surface area contributed by atoms with E-state index in [2.05, 4.69) is 4.74 Å². The van der Waals surface area contributed by atoms with Crippen molar-refractivity contribution in [1.29, 1.82) is 0 Å². The van der Waals surface area contributed by atoms with Gasteiger partial charge in [-0.3, -0.25) is 0 Å². The number of β-amino-alcohol motifs (C(OH)–C–C–N with tert-alkyl or cyclic N) is 1. The Morgan fingerprint density at radius 1 is 1.40 bits per heavy atom. The van der Waals surface area contributed by atoms with E-state index in [4.69, 9.17) is 5.11 Å². The number of carbonyl (C=O) groups is 2. The van der Waals surface area contributed by atoms with Crippen LogP contribution in [-0.4, -0.2) is 53.5 Å². The minimum absolute atomic E-state index is 0.0858. The Labute approximate surface area is 116 Å². The molecule has 2 rings (SSSR count). The van der Waals surface area contributed by atoms with Crippen LogP contribution in [0.5, 0.6) is 0 Å². The summed E-state index contributed by atoms with van der Waals surface area (Å²) in [5.41, 5.74) is 1.25. The maximum absolute atomic E-state index is 11.5. The van der Waals surface area contributed by atoms with Gasteiger partial charge in [-0.2, -0.15) is 0 Å². The zero-order valence-electron chi connectivity index (χ0n) is 11.2. The summed E-state index contributed by atoms with van der Waals surface area (Å²) < 4.78 is 4.67.